The second-order valence-electron chi connectivity index (χ2n) is 6.21. The van der Waals surface area contributed by atoms with Crippen LogP contribution in [0.1, 0.15) is 50.9 Å². The Morgan fingerprint density at radius 1 is 1.00 bits per heavy atom. The first-order valence-corrected chi connectivity index (χ1v) is 9.96. The molecule has 7 nitrogen and oxygen atoms in total. The first-order valence-electron chi connectivity index (χ1n) is 9.14. The summed E-state index contributed by atoms with van der Waals surface area (Å²) >= 11 is 1.25. The number of thiophene rings is 1. The van der Waals surface area contributed by atoms with Crippen molar-refractivity contribution in [3.8, 4) is 0 Å². The minimum Gasteiger partial charge on any atom is -0.462 e. The van der Waals surface area contributed by atoms with E-state index < -0.39 is 24.5 Å². The maximum absolute atomic E-state index is 12.1. The number of nitrogens with one attached hydrogen (secondary N) is 1. The molecule has 1 aromatic heterocycles. The lowest BCUT2D eigenvalue weighted by atomic mass is 10.1. The van der Waals surface area contributed by atoms with Crippen molar-refractivity contribution in [3.63, 3.8) is 0 Å². The molecule has 2 rings (SSSR count). The van der Waals surface area contributed by atoms with Gasteiger partial charge in [0.25, 0.3) is 5.91 Å². The van der Waals surface area contributed by atoms with Crippen LogP contribution in [0.5, 0.6) is 0 Å². The number of Topliss-reactive ketones (excluding diaryl/α,β-unsaturated/α-hetero) is 1. The molecule has 0 spiro atoms. The molecule has 0 bridgehead atoms. The first-order chi connectivity index (χ1) is 13.8. The fourth-order valence-electron chi connectivity index (χ4n) is 2.53. The van der Waals surface area contributed by atoms with Crippen molar-refractivity contribution < 1.29 is 28.7 Å². The van der Waals surface area contributed by atoms with E-state index in [1.165, 1.54) is 11.3 Å². The molecule has 0 aliphatic heterocycles. The maximum Gasteiger partial charge on any atom is 0.341 e. The average molecular weight is 417 g/mol. The molecule has 0 saturated carbocycles. The second-order valence-corrected chi connectivity index (χ2v) is 7.43. The summed E-state index contributed by atoms with van der Waals surface area (Å²) in [5.74, 6) is -1.90. The zero-order chi connectivity index (χ0) is 21.4. The third-order valence-electron chi connectivity index (χ3n) is 4.13. The van der Waals surface area contributed by atoms with Crippen molar-refractivity contribution in [2.24, 2.45) is 0 Å². The molecule has 0 saturated heterocycles. The van der Waals surface area contributed by atoms with Crippen LogP contribution in [0.15, 0.2) is 30.3 Å². The molecule has 0 unspecified atom stereocenters. The van der Waals surface area contributed by atoms with Gasteiger partial charge in [0.2, 0.25) is 0 Å². The average Bonchev–Trinajstić information content (AvgIpc) is 2.98. The number of amides is 1. The standard InChI is InChI=1S/C21H23NO6S/c1-4-27-21(26)19-13(2)14(3)29-20(19)22-17(24)12-28-18(25)11-10-16(23)15-8-6-5-7-9-15/h5-9H,4,10-12H2,1-3H3,(H,22,24). The fourth-order valence-corrected chi connectivity index (χ4v) is 3.59. The topological polar surface area (TPSA) is 98.8 Å². The quantitative estimate of drug-likeness (QED) is 0.494. The molecule has 1 aromatic carbocycles. The van der Waals surface area contributed by atoms with Crippen LogP contribution in [-0.2, 0) is 19.1 Å². The normalized spacial score (nSPS) is 10.3. The van der Waals surface area contributed by atoms with E-state index in [-0.39, 0.29) is 25.2 Å². The lowest BCUT2D eigenvalue weighted by Crippen LogP contribution is -2.22. The third kappa shape index (κ3) is 6.25. The van der Waals surface area contributed by atoms with E-state index in [9.17, 15) is 19.2 Å². The predicted molar refractivity (Wildman–Crippen MR) is 109 cm³/mol. The van der Waals surface area contributed by atoms with E-state index in [4.69, 9.17) is 9.47 Å². The fraction of sp³-hybridized carbons (Fsp3) is 0.333. The van der Waals surface area contributed by atoms with E-state index in [1.54, 1.807) is 44.2 Å². The first kappa shape index (κ1) is 22.3. The lowest BCUT2D eigenvalue weighted by Gasteiger charge is -2.08. The highest BCUT2D eigenvalue weighted by Gasteiger charge is 2.22. The molecule has 8 heteroatoms. The number of hydrogen-bond acceptors (Lipinski definition) is 7. The van der Waals surface area contributed by atoms with Gasteiger partial charge in [-0.3, -0.25) is 14.4 Å². The molecule has 2 aromatic rings. The van der Waals surface area contributed by atoms with Gasteiger partial charge >= 0.3 is 11.9 Å². The van der Waals surface area contributed by atoms with E-state index in [1.807, 2.05) is 6.92 Å². The number of esters is 2. The van der Waals surface area contributed by atoms with Crippen LogP contribution in [0, 0.1) is 13.8 Å². The van der Waals surface area contributed by atoms with Crippen LogP contribution in [0.25, 0.3) is 0 Å². The van der Waals surface area contributed by atoms with E-state index in [0.717, 1.165) is 10.4 Å². The summed E-state index contributed by atoms with van der Waals surface area (Å²) in [6, 6.07) is 8.64. The number of benzene rings is 1. The highest BCUT2D eigenvalue weighted by atomic mass is 32.1. The number of rotatable bonds is 9. The summed E-state index contributed by atoms with van der Waals surface area (Å²) in [7, 11) is 0. The SMILES string of the molecule is CCOC(=O)c1c(NC(=O)COC(=O)CCC(=O)c2ccccc2)sc(C)c1C. The van der Waals surface area contributed by atoms with E-state index in [2.05, 4.69) is 5.32 Å². The van der Waals surface area contributed by atoms with Crippen LogP contribution in [0.2, 0.25) is 0 Å². The molecule has 154 valence electrons. The minimum absolute atomic E-state index is 0.000780. The van der Waals surface area contributed by atoms with Crippen LogP contribution in [0.4, 0.5) is 5.00 Å². The Morgan fingerprint density at radius 2 is 1.69 bits per heavy atom. The number of aryl methyl sites for hydroxylation is 1. The van der Waals surface area contributed by atoms with Gasteiger partial charge in [0.15, 0.2) is 12.4 Å². The number of carbonyl (C=O) groups is 4. The van der Waals surface area contributed by atoms with Crippen LogP contribution in [0.3, 0.4) is 0 Å². The highest BCUT2D eigenvalue weighted by Crippen LogP contribution is 2.33. The van der Waals surface area contributed by atoms with Crippen LogP contribution in [-0.4, -0.2) is 36.8 Å². The van der Waals surface area contributed by atoms with Gasteiger partial charge in [-0.1, -0.05) is 30.3 Å². The van der Waals surface area contributed by atoms with Crippen LogP contribution < -0.4 is 5.32 Å². The van der Waals surface area contributed by atoms with Gasteiger partial charge in [0, 0.05) is 16.9 Å². The van der Waals surface area contributed by atoms with Crippen molar-refractivity contribution >= 4 is 40.0 Å². The van der Waals surface area contributed by atoms with Crippen molar-refractivity contribution in [2.75, 3.05) is 18.5 Å². The van der Waals surface area contributed by atoms with E-state index in [0.29, 0.717) is 16.1 Å². The Morgan fingerprint density at radius 3 is 2.34 bits per heavy atom. The summed E-state index contributed by atoms with van der Waals surface area (Å²) in [4.78, 5) is 48.9. The summed E-state index contributed by atoms with van der Waals surface area (Å²) in [6.45, 7) is 5.03. The Labute approximate surface area is 173 Å². The number of anilines is 1. The van der Waals surface area contributed by atoms with Gasteiger partial charge in [-0.15, -0.1) is 11.3 Å². The van der Waals surface area contributed by atoms with Gasteiger partial charge in [-0.05, 0) is 26.3 Å². The Balaban J connectivity index is 1.85. The van der Waals surface area contributed by atoms with Crippen molar-refractivity contribution in [1.82, 2.24) is 0 Å². The number of ketones is 1. The smallest absolute Gasteiger partial charge is 0.341 e. The molecule has 1 heterocycles. The Kier molecular flexibility index (Phi) is 8.09. The van der Waals surface area contributed by atoms with Gasteiger partial charge in [0.1, 0.15) is 5.00 Å². The summed E-state index contributed by atoms with van der Waals surface area (Å²) in [5.41, 5.74) is 1.57. The highest BCUT2D eigenvalue weighted by molar-refractivity contribution is 7.16. The number of carbonyl (C=O) groups excluding carboxylic acids is 4. The molecule has 0 radical (unpaired) electrons. The molecule has 0 aliphatic carbocycles. The number of ether oxygens (including phenoxy) is 2. The Hall–Kier alpha value is -3.00. The largest absolute Gasteiger partial charge is 0.462 e. The molecular formula is C21H23NO6S. The molecule has 1 amide bonds. The second kappa shape index (κ2) is 10.5. The number of hydrogen-bond donors (Lipinski definition) is 1. The zero-order valence-corrected chi connectivity index (χ0v) is 17.4. The van der Waals surface area contributed by atoms with E-state index >= 15 is 0 Å². The van der Waals surface area contributed by atoms with Crippen molar-refractivity contribution in [2.45, 2.75) is 33.6 Å². The monoisotopic (exact) mass is 417 g/mol. The lowest BCUT2D eigenvalue weighted by molar-refractivity contribution is -0.147. The van der Waals surface area contributed by atoms with Gasteiger partial charge < -0.3 is 14.8 Å². The summed E-state index contributed by atoms with van der Waals surface area (Å²) in [5, 5.41) is 2.95. The van der Waals surface area contributed by atoms with Crippen molar-refractivity contribution in [3.05, 3.63) is 51.9 Å². The van der Waals surface area contributed by atoms with Gasteiger partial charge in [-0.2, -0.15) is 0 Å². The van der Waals surface area contributed by atoms with Crippen molar-refractivity contribution in [1.29, 1.82) is 0 Å². The summed E-state index contributed by atoms with van der Waals surface area (Å²) < 4.78 is 9.96. The minimum atomic E-state index is -0.645. The summed E-state index contributed by atoms with van der Waals surface area (Å²) in [6.07, 6.45) is -0.118. The molecule has 0 aliphatic rings. The van der Waals surface area contributed by atoms with Gasteiger partial charge in [0.05, 0.1) is 18.6 Å². The molecule has 29 heavy (non-hydrogen) atoms. The molecule has 1 N–H and O–H groups in total. The Bertz CT molecular complexity index is 903. The van der Waals surface area contributed by atoms with Gasteiger partial charge in [-0.25, -0.2) is 4.79 Å². The zero-order valence-electron chi connectivity index (χ0n) is 16.6. The molecule has 0 atom stereocenters. The van der Waals surface area contributed by atoms with Crippen LogP contribution >= 0.6 is 11.3 Å². The maximum atomic E-state index is 12.1. The predicted octanol–water partition coefficient (Wildman–Crippen LogP) is 3.69. The third-order valence-corrected chi connectivity index (χ3v) is 5.26. The molecule has 0 fully saturated rings. The molecular weight excluding hydrogens is 394 g/mol.